The van der Waals surface area contributed by atoms with Crippen molar-refractivity contribution in [2.75, 3.05) is 13.7 Å². The Morgan fingerprint density at radius 2 is 1.92 bits per heavy atom. The summed E-state index contributed by atoms with van der Waals surface area (Å²) in [7, 11) is 3.30. The summed E-state index contributed by atoms with van der Waals surface area (Å²) in [5, 5.41) is 0. The van der Waals surface area contributed by atoms with Crippen molar-refractivity contribution < 1.29 is 4.74 Å². The summed E-state index contributed by atoms with van der Waals surface area (Å²) in [6, 6.07) is 0. The number of fused-ring (bicyclic) bond motifs is 3. The normalized spacial score (nSPS) is 11.7. The summed E-state index contributed by atoms with van der Waals surface area (Å²) < 4.78 is 11.6. The lowest BCUT2D eigenvalue weighted by Crippen LogP contribution is -2.39. The van der Waals surface area contributed by atoms with E-state index in [1.807, 2.05) is 18.2 Å². The van der Waals surface area contributed by atoms with Gasteiger partial charge in [-0.15, -0.1) is 6.58 Å². The monoisotopic (exact) mass is 345 g/mol. The third-order valence-electron chi connectivity index (χ3n) is 4.67. The highest BCUT2D eigenvalue weighted by Crippen LogP contribution is 2.20. The van der Waals surface area contributed by atoms with Gasteiger partial charge in [0.05, 0.1) is 0 Å². The molecule has 0 spiro atoms. The fourth-order valence-electron chi connectivity index (χ4n) is 3.24. The summed E-state index contributed by atoms with van der Waals surface area (Å²) in [5.41, 5.74) is 2.07. The molecule has 0 radical (unpaired) electrons. The molecule has 134 valence electrons. The van der Waals surface area contributed by atoms with Crippen molar-refractivity contribution in [1.82, 2.24) is 23.1 Å². The lowest BCUT2D eigenvalue weighted by Gasteiger charge is -2.07. The van der Waals surface area contributed by atoms with Gasteiger partial charge in [0.25, 0.3) is 5.56 Å². The number of hydrogen-bond acceptors (Lipinski definition) is 4. The fourth-order valence-corrected chi connectivity index (χ4v) is 3.24. The second kappa shape index (κ2) is 6.36. The smallest absolute Gasteiger partial charge is 0.332 e. The number of ether oxygens (including phenoxy) is 1. The van der Waals surface area contributed by atoms with E-state index in [-0.39, 0.29) is 12.1 Å². The topological polar surface area (TPSA) is 75.5 Å². The Bertz CT molecular complexity index is 1080. The molecule has 0 bridgehead atoms. The molecule has 3 heterocycles. The average Bonchev–Trinajstić information content (AvgIpc) is 3.08. The van der Waals surface area contributed by atoms with Crippen LogP contribution in [0.5, 0.6) is 0 Å². The molecular formula is C17H23N5O3. The molecule has 0 fully saturated rings. The van der Waals surface area contributed by atoms with Crippen LogP contribution in [0.25, 0.3) is 16.9 Å². The molecule has 0 aliphatic carbocycles. The van der Waals surface area contributed by atoms with E-state index < -0.39 is 5.69 Å². The van der Waals surface area contributed by atoms with E-state index >= 15 is 0 Å². The van der Waals surface area contributed by atoms with Gasteiger partial charge in [0.1, 0.15) is 0 Å². The van der Waals surface area contributed by atoms with Crippen LogP contribution in [-0.2, 0) is 24.9 Å². The van der Waals surface area contributed by atoms with Gasteiger partial charge in [0.2, 0.25) is 5.78 Å². The number of allylic oxidation sites excluding steroid dienone is 1. The van der Waals surface area contributed by atoms with Crippen LogP contribution in [0.15, 0.2) is 22.2 Å². The molecule has 0 saturated carbocycles. The van der Waals surface area contributed by atoms with Crippen molar-refractivity contribution in [3.8, 4) is 0 Å². The molecule has 0 saturated heterocycles. The maximum Gasteiger partial charge on any atom is 0.332 e. The van der Waals surface area contributed by atoms with E-state index in [0.717, 1.165) is 24.4 Å². The number of aromatic nitrogens is 5. The van der Waals surface area contributed by atoms with Crippen LogP contribution in [0.1, 0.15) is 17.8 Å². The fraction of sp³-hybridized carbons (Fsp3) is 0.471. The summed E-state index contributed by atoms with van der Waals surface area (Å²) in [4.78, 5) is 30.0. The Morgan fingerprint density at radius 3 is 2.56 bits per heavy atom. The largest absolute Gasteiger partial charge is 0.385 e. The lowest BCUT2D eigenvalue weighted by molar-refractivity contribution is 0.190. The molecule has 0 aliphatic rings. The predicted octanol–water partition coefficient (Wildman–Crippen LogP) is 0.989. The molecule has 0 aliphatic heterocycles. The van der Waals surface area contributed by atoms with Gasteiger partial charge in [-0.2, -0.15) is 4.98 Å². The maximum absolute atomic E-state index is 12.9. The number of aryl methyl sites for hydroxylation is 3. The van der Waals surface area contributed by atoms with Gasteiger partial charge in [0, 0.05) is 45.2 Å². The minimum absolute atomic E-state index is 0.168. The molecule has 3 aromatic heterocycles. The van der Waals surface area contributed by atoms with Gasteiger partial charge in [-0.3, -0.25) is 18.3 Å². The van der Waals surface area contributed by atoms with Crippen molar-refractivity contribution in [2.45, 2.75) is 33.4 Å². The molecule has 0 N–H and O–H groups in total. The first-order valence-electron chi connectivity index (χ1n) is 8.21. The molecule has 0 atom stereocenters. The van der Waals surface area contributed by atoms with Gasteiger partial charge in [-0.25, -0.2) is 4.79 Å². The van der Waals surface area contributed by atoms with Gasteiger partial charge in [-0.05, 0) is 20.3 Å². The van der Waals surface area contributed by atoms with E-state index in [4.69, 9.17) is 4.74 Å². The lowest BCUT2D eigenvalue weighted by atomic mass is 10.3. The Morgan fingerprint density at radius 1 is 1.20 bits per heavy atom. The number of methoxy groups -OCH3 is 1. The van der Waals surface area contributed by atoms with Crippen LogP contribution in [0.4, 0.5) is 0 Å². The van der Waals surface area contributed by atoms with E-state index in [2.05, 4.69) is 16.1 Å². The summed E-state index contributed by atoms with van der Waals surface area (Å²) in [5.74, 6) is 0.671. The van der Waals surface area contributed by atoms with Crippen LogP contribution < -0.4 is 11.2 Å². The summed E-state index contributed by atoms with van der Waals surface area (Å²) in [6.45, 7) is 9.14. The Labute approximate surface area is 144 Å². The highest BCUT2D eigenvalue weighted by molar-refractivity contribution is 5.76. The zero-order valence-electron chi connectivity index (χ0n) is 15.1. The molecule has 3 aromatic rings. The van der Waals surface area contributed by atoms with Gasteiger partial charge in [-0.1, -0.05) is 6.08 Å². The molecule has 3 rings (SSSR count). The molecule has 8 nitrogen and oxygen atoms in total. The second-order valence-electron chi connectivity index (χ2n) is 6.13. The summed E-state index contributed by atoms with van der Waals surface area (Å²) in [6.07, 6.45) is 2.38. The van der Waals surface area contributed by atoms with Crippen LogP contribution in [0, 0.1) is 13.8 Å². The number of nitrogens with zero attached hydrogens (tertiary/aromatic N) is 5. The molecule has 8 heteroatoms. The number of hydrogen-bond donors (Lipinski definition) is 0. The Hall–Kier alpha value is -2.61. The van der Waals surface area contributed by atoms with E-state index in [1.54, 1.807) is 20.2 Å². The molecular weight excluding hydrogens is 322 g/mol. The molecule has 25 heavy (non-hydrogen) atoms. The highest BCUT2D eigenvalue weighted by Gasteiger charge is 2.21. The third kappa shape index (κ3) is 2.44. The quantitative estimate of drug-likeness (QED) is 0.493. The van der Waals surface area contributed by atoms with Crippen molar-refractivity contribution in [3.05, 3.63) is 44.9 Å². The third-order valence-corrected chi connectivity index (χ3v) is 4.67. The highest BCUT2D eigenvalue weighted by atomic mass is 16.5. The van der Waals surface area contributed by atoms with Crippen molar-refractivity contribution in [2.24, 2.45) is 7.05 Å². The van der Waals surface area contributed by atoms with E-state index in [9.17, 15) is 9.59 Å². The predicted molar refractivity (Wildman–Crippen MR) is 96.4 cm³/mol. The second-order valence-corrected chi connectivity index (χ2v) is 6.13. The minimum atomic E-state index is -0.390. The molecule has 0 amide bonds. The maximum atomic E-state index is 12.9. The Kier molecular flexibility index (Phi) is 4.38. The van der Waals surface area contributed by atoms with Crippen LogP contribution >= 0.6 is 0 Å². The van der Waals surface area contributed by atoms with Crippen molar-refractivity contribution in [1.29, 1.82) is 0 Å². The van der Waals surface area contributed by atoms with Crippen LogP contribution in [0.2, 0.25) is 0 Å². The zero-order chi connectivity index (χ0) is 18.3. The van der Waals surface area contributed by atoms with Crippen molar-refractivity contribution >= 4 is 16.9 Å². The zero-order valence-corrected chi connectivity index (χ0v) is 15.1. The minimum Gasteiger partial charge on any atom is -0.385 e. The standard InChI is InChI=1S/C17H23N5O3/c1-6-8-21-15(23)13-14(19(4)17(21)24)18-16-20(9-7-10-25-5)11(2)12(3)22(13)16/h6H,1,7-10H2,2-5H3. The van der Waals surface area contributed by atoms with Gasteiger partial charge in [0.15, 0.2) is 11.2 Å². The molecule has 0 unspecified atom stereocenters. The van der Waals surface area contributed by atoms with Gasteiger partial charge >= 0.3 is 5.69 Å². The van der Waals surface area contributed by atoms with E-state index in [0.29, 0.717) is 23.5 Å². The summed E-state index contributed by atoms with van der Waals surface area (Å²) >= 11 is 0. The average molecular weight is 345 g/mol. The number of imidazole rings is 2. The van der Waals surface area contributed by atoms with Crippen molar-refractivity contribution in [3.63, 3.8) is 0 Å². The SMILES string of the molecule is C=CCn1c(=O)c2c(nc3n(CCCOC)c(C)c(C)n23)n(C)c1=O. The Balaban J connectivity index is 2.39. The number of rotatable bonds is 6. The first kappa shape index (κ1) is 17.2. The van der Waals surface area contributed by atoms with Gasteiger partial charge < -0.3 is 9.30 Å². The first-order chi connectivity index (χ1) is 11.9. The first-order valence-corrected chi connectivity index (χ1v) is 8.21. The van der Waals surface area contributed by atoms with Crippen LogP contribution in [-0.4, -0.2) is 36.8 Å². The van der Waals surface area contributed by atoms with Crippen LogP contribution in [0.3, 0.4) is 0 Å². The molecule has 0 aromatic carbocycles. The van der Waals surface area contributed by atoms with E-state index in [1.165, 1.54) is 9.13 Å².